The van der Waals surface area contributed by atoms with Crippen LogP contribution in [0, 0.1) is 5.92 Å². The summed E-state index contributed by atoms with van der Waals surface area (Å²) in [4.78, 5) is 4.10. The van der Waals surface area contributed by atoms with Gasteiger partial charge in [-0.25, -0.2) is 0 Å². The van der Waals surface area contributed by atoms with Crippen LogP contribution in [-0.2, 0) is 6.54 Å². The fraction of sp³-hybridized carbons (Fsp3) is 0.500. The first-order valence-electron chi connectivity index (χ1n) is 4.48. The van der Waals surface area contributed by atoms with E-state index in [2.05, 4.69) is 46.1 Å². The van der Waals surface area contributed by atoms with Gasteiger partial charge in [-0.3, -0.25) is 4.98 Å². The van der Waals surface area contributed by atoms with Crippen LogP contribution in [0.3, 0.4) is 0 Å². The van der Waals surface area contributed by atoms with E-state index in [-0.39, 0.29) is 0 Å². The lowest BCUT2D eigenvalue weighted by Gasteiger charge is -2.06. The maximum absolute atomic E-state index is 4.10. The molecule has 2 nitrogen and oxygen atoms in total. The Hall–Kier alpha value is -0.410. The van der Waals surface area contributed by atoms with Gasteiger partial charge in [0.1, 0.15) is 0 Å². The van der Waals surface area contributed by atoms with E-state index < -0.39 is 0 Å². The first kappa shape index (κ1) is 10.7. The van der Waals surface area contributed by atoms with Crippen molar-refractivity contribution in [1.29, 1.82) is 0 Å². The second kappa shape index (κ2) is 5.35. The number of nitrogens with zero attached hydrogens (tertiary/aromatic N) is 1. The first-order chi connectivity index (χ1) is 6.18. The molecule has 0 bridgehead atoms. The molecule has 1 heterocycles. The van der Waals surface area contributed by atoms with E-state index >= 15 is 0 Å². The number of nitrogens with one attached hydrogen (secondary N) is 1. The standard InChI is InChI=1S/C10H15BrN2/c1-8(2)4-12-5-9-3-10(11)7-13-6-9/h3,6-8,12H,4-5H2,1-2H3. The molecule has 1 aromatic heterocycles. The highest BCUT2D eigenvalue weighted by Crippen LogP contribution is 2.09. The van der Waals surface area contributed by atoms with Gasteiger partial charge < -0.3 is 5.32 Å². The van der Waals surface area contributed by atoms with Gasteiger partial charge in [-0.05, 0) is 40.0 Å². The maximum Gasteiger partial charge on any atom is 0.0410 e. The Balaban J connectivity index is 2.37. The number of halogens is 1. The summed E-state index contributed by atoms with van der Waals surface area (Å²) in [6.45, 7) is 6.34. The molecule has 0 aliphatic rings. The molecule has 0 spiro atoms. The molecule has 0 aromatic carbocycles. The smallest absolute Gasteiger partial charge is 0.0410 e. The van der Waals surface area contributed by atoms with E-state index in [0.717, 1.165) is 17.6 Å². The molecule has 1 aromatic rings. The van der Waals surface area contributed by atoms with Crippen LogP contribution in [-0.4, -0.2) is 11.5 Å². The Bertz CT molecular complexity index is 261. The summed E-state index contributed by atoms with van der Waals surface area (Å²) in [5.41, 5.74) is 1.22. The Morgan fingerprint density at radius 1 is 1.46 bits per heavy atom. The second-order valence-corrected chi connectivity index (χ2v) is 4.45. The average Bonchev–Trinajstić information content (AvgIpc) is 2.03. The molecule has 13 heavy (non-hydrogen) atoms. The minimum Gasteiger partial charge on any atom is -0.312 e. The van der Waals surface area contributed by atoms with Crippen molar-refractivity contribution >= 4 is 15.9 Å². The van der Waals surface area contributed by atoms with Crippen LogP contribution in [0.1, 0.15) is 19.4 Å². The van der Waals surface area contributed by atoms with Crippen LogP contribution in [0.25, 0.3) is 0 Å². The summed E-state index contributed by atoms with van der Waals surface area (Å²) in [6.07, 6.45) is 3.68. The van der Waals surface area contributed by atoms with Crippen molar-refractivity contribution in [2.75, 3.05) is 6.54 Å². The summed E-state index contributed by atoms with van der Waals surface area (Å²) in [5, 5.41) is 3.37. The normalized spacial score (nSPS) is 10.8. The maximum atomic E-state index is 4.10. The van der Waals surface area contributed by atoms with Gasteiger partial charge >= 0.3 is 0 Å². The van der Waals surface area contributed by atoms with E-state index in [1.165, 1.54) is 5.56 Å². The van der Waals surface area contributed by atoms with Gasteiger partial charge in [-0.1, -0.05) is 13.8 Å². The summed E-state index contributed by atoms with van der Waals surface area (Å²) in [7, 11) is 0. The van der Waals surface area contributed by atoms with Crippen LogP contribution >= 0.6 is 15.9 Å². The molecule has 0 saturated heterocycles. The Kier molecular flexibility index (Phi) is 4.39. The molecule has 0 saturated carbocycles. The first-order valence-corrected chi connectivity index (χ1v) is 5.28. The van der Waals surface area contributed by atoms with Crippen LogP contribution < -0.4 is 5.32 Å². The number of pyridine rings is 1. The number of aromatic nitrogens is 1. The van der Waals surface area contributed by atoms with E-state index in [1.54, 1.807) is 6.20 Å². The van der Waals surface area contributed by atoms with Crippen LogP contribution in [0.15, 0.2) is 22.9 Å². The SMILES string of the molecule is CC(C)CNCc1cncc(Br)c1. The molecule has 0 radical (unpaired) electrons. The fourth-order valence-electron chi connectivity index (χ4n) is 1.06. The molecule has 1 rings (SSSR count). The largest absolute Gasteiger partial charge is 0.312 e. The zero-order valence-corrected chi connectivity index (χ0v) is 9.63. The molecular weight excluding hydrogens is 228 g/mol. The third-order valence-corrected chi connectivity index (χ3v) is 2.08. The lowest BCUT2D eigenvalue weighted by Crippen LogP contribution is -2.18. The van der Waals surface area contributed by atoms with Gasteiger partial charge in [-0.2, -0.15) is 0 Å². The lowest BCUT2D eigenvalue weighted by atomic mass is 10.2. The predicted molar refractivity (Wildman–Crippen MR) is 58.5 cm³/mol. The van der Waals surface area contributed by atoms with Crippen molar-refractivity contribution in [3.05, 3.63) is 28.5 Å². The van der Waals surface area contributed by atoms with Crippen molar-refractivity contribution in [2.24, 2.45) is 5.92 Å². The van der Waals surface area contributed by atoms with Gasteiger partial charge in [0.2, 0.25) is 0 Å². The highest BCUT2D eigenvalue weighted by atomic mass is 79.9. The second-order valence-electron chi connectivity index (χ2n) is 3.54. The lowest BCUT2D eigenvalue weighted by molar-refractivity contribution is 0.552. The fourth-order valence-corrected chi connectivity index (χ4v) is 1.47. The third-order valence-electron chi connectivity index (χ3n) is 1.64. The van der Waals surface area contributed by atoms with Gasteiger partial charge in [0.15, 0.2) is 0 Å². The summed E-state index contributed by atoms with van der Waals surface area (Å²) in [6, 6.07) is 2.08. The molecule has 3 heteroatoms. The van der Waals surface area contributed by atoms with Gasteiger partial charge in [-0.15, -0.1) is 0 Å². The van der Waals surface area contributed by atoms with Gasteiger partial charge in [0, 0.05) is 23.4 Å². The Labute approximate surface area is 87.9 Å². The molecule has 0 fully saturated rings. The molecule has 0 amide bonds. The monoisotopic (exact) mass is 242 g/mol. The number of hydrogen-bond acceptors (Lipinski definition) is 2. The molecule has 0 atom stereocenters. The summed E-state index contributed by atoms with van der Waals surface area (Å²) >= 11 is 3.39. The van der Waals surface area contributed by atoms with Gasteiger partial charge in [0.25, 0.3) is 0 Å². The van der Waals surface area contributed by atoms with Crippen molar-refractivity contribution < 1.29 is 0 Å². The van der Waals surface area contributed by atoms with Crippen molar-refractivity contribution in [1.82, 2.24) is 10.3 Å². The van der Waals surface area contributed by atoms with Crippen LogP contribution in [0.4, 0.5) is 0 Å². The number of hydrogen-bond donors (Lipinski definition) is 1. The minimum absolute atomic E-state index is 0.695. The highest BCUT2D eigenvalue weighted by Gasteiger charge is 1.95. The average molecular weight is 243 g/mol. The highest BCUT2D eigenvalue weighted by molar-refractivity contribution is 9.10. The Morgan fingerprint density at radius 2 is 2.23 bits per heavy atom. The van der Waals surface area contributed by atoms with E-state index in [9.17, 15) is 0 Å². The molecule has 0 aliphatic carbocycles. The summed E-state index contributed by atoms with van der Waals surface area (Å²) in [5.74, 6) is 0.695. The topological polar surface area (TPSA) is 24.9 Å². The third kappa shape index (κ3) is 4.39. The van der Waals surface area contributed by atoms with Crippen molar-refractivity contribution in [3.63, 3.8) is 0 Å². The quantitative estimate of drug-likeness (QED) is 0.879. The molecule has 0 aliphatic heterocycles. The molecule has 72 valence electrons. The van der Waals surface area contributed by atoms with E-state index in [0.29, 0.717) is 5.92 Å². The van der Waals surface area contributed by atoms with Crippen LogP contribution in [0.5, 0.6) is 0 Å². The molecule has 1 N–H and O–H groups in total. The zero-order valence-electron chi connectivity index (χ0n) is 8.05. The van der Waals surface area contributed by atoms with E-state index in [4.69, 9.17) is 0 Å². The van der Waals surface area contributed by atoms with E-state index in [1.807, 2.05) is 6.20 Å². The van der Waals surface area contributed by atoms with Crippen molar-refractivity contribution in [2.45, 2.75) is 20.4 Å². The summed E-state index contributed by atoms with van der Waals surface area (Å²) < 4.78 is 1.04. The zero-order chi connectivity index (χ0) is 9.68. The molecule has 0 unspecified atom stereocenters. The predicted octanol–water partition coefficient (Wildman–Crippen LogP) is 2.59. The molecular formula is C10H15BrN2. The number of rotatable bonds is 4. The Morgan fingerprint density at radius 3 is 2.85 bits per heavy atom. The van der Waals surface area contributed by atoms with Crippen LogP contribution in [0.2, 0.25) is 0 Å². The van der Waals surface area contributed by atoms with Crippen molar-refractivity contribution in [3.8, 4) is 0 Å². The van der Waals surface area contributed by atoms with Gasteiger partial charge in [0.05, 0.1) is 0 Å². The minimum atomic E-state index is 0.695.